The summed E-state index contributed by atoms with van der Waals surface area (Å²) >= 11 is 0. The number of nitrogens with two attached hydrogens (primary N) is 1. The Kier molecular flexibility index (Phi) is 2.49. The van der Waals surface area contributed by atoms with Gasteiger partial charge in [0.1, 0.15) is 17.3 Å². The van der Waals surface area contributed by atoms with E-state index in [9.17, 15) is 0 Å². The molecule has 0 bridgehead atoms. The van der Waals surface area contributed by atoms with Crippen molar-refractivity contribution in [3.8, 4) is 17.1 Å². The van der Waals surface area contributed by atoms with Gasteiger partial charge in [-0.2, -0.15) is 0 Å². The van der Waals surface area contributed by atoms with Crippen LogP contribution in [0.2, 0.25) is 0 Å². The molecule has 2 aromatic rings. The number of hydrogen-bond acceptors (Lipinski definition) is 4. The second kappa shape index (κ2) is 4.23. The minimum Gasteiger partial charge on any atom is -0.481 e. The fourth-order valence-electron chi connectivity index (χ4n) is 2.66. The molecule has 2 aromatic heterocycles. The average molecular weight is 270 g/mol. The van der Waals surface area contributed by atoms with Gasteiger partial charge in [-0.25, -0.2) is 9.97 Å². The third kappa shape index (κ3) is 1.85. The largest absolute Gasteiger partial charge is 0.481 e. The minimum absolute atomic E-state index is 0.568. The Morgan fingerprint density at radius 1 is 1.25 bits per heavy atom. The van der Waals surface area contributed by atoms with Crippen LogP contribution in [0.1, 0.15) is 43.5 Å². The predicted molar refractivity (Wildman–Crippen MR) is 76.7 cm³/mol. The standard InChI is InChI=1S/C15H18N4O/c1-20-12-7-4-10(8-17-12)13-14(16)19(11-5-6-11)15(18-13)9-2-3-9/h4,7-9,11H,2-3,5-6,16H2,1H3. The molecule has 5 nitrogen and oxygen atoms in total. The highest BCUT2D eigenvalue weighted by Gasteiger charge is 2.36. The molecule has 2 heterocycles. The molecule has 104 valence electrons. The molecule has 0 aromatic carbocycles. The maximum atomic E-state index is 6.35. The van der Waals surface area contributed by atoms with E-state index in [-0.39, 0.29) is 0 Å². The Labute approximate surface area is 117 Å². The molecule has 0 radical (unpaired) electrons. The smallest absolute Gasteiger partial charge is 0.212 e. The summed E-state index contributed by atoms with van der Waals surface area (Å²) in [5.74, 6) is 3.19. The highest BCUT2D eigenvalue weighted by molar-refractivity contribution is 5.71. The van der Waals surface area contributed by atoms with E-state index < -0.39 is 0 Å². The third-order valence-electron chi connectivity index (χ3n) is 4.05. The molecular formula is C15H18N4O. The summed E-state index contributed by atoms with van der Waals surface area (Å²) in [6.07, 6.45) is 6.71. The molecule has 5 heteroatoms. The number of anilines is 1. The summed E-state index contributed by atoms with van der Waals surface area (Å²) in [5, 5.41) is 0. The van der Waals surface area contributed by atoms with Gasteiger partial charge in [0, 0.05) is 29.8 Å². The van der Waals surface area contributed by atoms with Gasteiger partial charge in [-0.3, -0.25) is 0 Å². The fraction of sp³-hybridized carbons (Fsp3) is 0.467. The van der Waals surface area contributed by atoms with Gasteiger partial charge < -0.3 is 15.0 Å². The first-order valence-electron chi connectivity index (χ1n) is 7.16. The van der Waals surface area contributed by atoms with Gasteiger partial charge in [-0.05, 0) is 31.7 Å². The topological polar surface area (TPSA) is 66.0 Å². The molecule has 0 amide bonds. The van der Waals surface area contributed by atoms with Crippen molar-refractivity contribution in [3.63, 3.8) is 0 Å². The molecule has 4 rings (SSSR count). The molecule has 0 unspecified atom stereocenters. The van der Waals surface area contributed by atoms with Crippen LogP contribution in [0.5, 0.6) is 5.88 Å². The highest BCUT2D eigenvalue weighted by atomic mass is 16.5. The van der Waals surface area contributed by atoms with E-state index in [2.05, 4.69) is 9.55 Å². The van der Waals surface area contributed by atoms with Crippen LogP contribution in [0, 0.1) is 0 Å². The summed E-state index contributed by atoms with van der Waals surface area (Å²) in [5.41, 5.74) is 8.19. The zero-order valence-electron chi connectivity index (χ0n) is 11.5. The molecule has 0 spiro atoms. The highest BCUT2D eigenvalue weighted by Crippen LogP contribution is 2.47. The van der Waals surface area contributed by atoms with Crippen molar-refractivity contribution in [1.29, 1.82) is 0 Å². The number of methoxy groups -OCH3 is 1. The van der Waals surface area contributed by atoms with Crippen molar-refractivity contribution in [3.05, 3.63) is 24.2 Å². The molecule has 0 atom stereocenters. The van der Waals surface area contributed by atoms with E-state index in [4.69, 9.17) is 15.5 Å². The number of nitrogen functional groups attached to an aromatic ring is 1. The zero-order valence-corrected chi connectivity index (χ0v) is 11.5. The molecule has 2 fully saturated rings. The second-order valence-electron chi connectivity index (χ2n) is 5.67. The fourth-order valence-corrected chi connectivity index (χ4v) is 2.66. The molecule has 0 aliphatic heterocycles. The van der Waals surface area contributed by atoms with Crippen LogP contribution in [0.15, 0.2) is 18.3 Å². The van der Waals surface area contributed by atoms with Crippen molar-refractivity contribution in [2.24, 2.45) is 0 Å². The van der Waals surface area contributed by atoms with E-state index in [1.54, 1.807) is 13.3 Å². The van der Waals surface area contributed by atoms with Gasteiger partial charge in [0.05, 0.1) is 7.11 Å². The van der Waals surface area contributed by atoms with E-state index in [1.807, 2.05) is 12.1 Å². The number of rotatable bonds is 4. The molecule has 2 saturated carbocycles. The second-order valence-corrected chi connectivity index (χ2v) is 5.67. The Bertz CT molecular complexity index is 639. The number of hydrogen-bond donors (Lipinski definition) is 1. The van der Waals surface area contributed by atoms with Crippen LogP contribution < -0.4 is 10.5 Å². The lowest BCUT2D eigenvalue weighted by molar-refractivity contribution is 0.398. The Morgan fingerprint density at radius 2 is 2.05 bits per heavy atom. The van der Waals surface area contributed by atoms with Gasteiger partial charge in [-0.15, -0.1) is 0 Å². The summed E-state index contributed by atoms with van der Waals surface area (Å²) in [6, 6.07) is 4.39. The summed E-state index contributed by atoms with van der Waals surface area (Å²) in [7, 11) is 1.61. The molecule has 20 heavy (non-hydrogen) atoms. The maximum absolute atomic E-state index is 6.35. The summed E-state index contributed by atoms with van der Waals surface area (Å²) < 4.78 is 7.35. The lowest BCUT2D eigenvalue weighted by Gasteiger charge is -2.07. The molecule has 0 saturated heterocycles. The van der Waals surface area contributed by atoms with Crippen molar-refractivity contribution in [1.82, 2.24) is 14.5 Å². The molecular weight excluding hydrogens is 252 g/mol. The normalized spacial score (nSPS) is 18.2. The first kappa shape index (κ1) is 11.8. The lowest BCUT2D eigenvalue weighted by Crippen LogP contribution is -2.04. The quantitative estimate of drug-likeness (QED) is 0.927. The monoisotopic (exact) mass is 270 g/mol. The minimum atomic E-state index is 0.568. The predicted octanol–water partition coefficient (Wildman–Crippen LogP) is 2.75. The van der Waals surface area contributed by atoms with Crippen molar-refractivity contribution < 1.29 is 4.74 Å². The van der Waals surface area contributed by atoms with Crippen molar-refractivity contribution >= 4 is 5.82 Å². The van der Waals surface area contributed by atoms with E-state index >= 15 is 0 Å². The average Bonchev–Trinajstić information content (AvgIpc) is 3.37. The van der Waals surface area contributed by atoms with Crippen LogP contribution in [-0.4, -0.2) is 21.6 Å². The van der Waals surface area contributed by atoms with E-state index in [0.29, 0.717) is 17.8 Å². The first-order valence-corrected chi connectivity index (χ1v) is 7.16. The van der Waals surface area contributed by atoms with Gasteiger partial charge in [0.25, 0.3) is 0 Å². The number of pyridine rings is 1. The third-order valence-corrected chi connectivity index (χ3v) is 4.05. The van der Waals surface area contributed by atoms with Crippen molar-refractivity contribution in [2.75, 3.05) is 12.8 Å². The van der Waals surface area contributed by atoms with Crippen molar-refractivity contribution in [2.45, 2.75) is 37.6 Å². The number of ether oxygens (including phenoxy) is 1. The number of nitrogens with zero attached hydrogens (tertiary/aromatic N) is 3. The molecule has 2 aliphatic rings. The Hall–Kier alpha value is -2.04. The zero-order chi connectivity index (χ0) is 13.7. The lowest BCUT2D eigenvalue weighted by atomic mass is 10.2. The molecule has 2 N–H and O–H groups in total. The maximum Gasteiger partial charge on any atom is 0.212 e. The SMILES string of the molecule is COc1ccc(-c2nc(C3CC3)n(C3CC3)c2N)cn1. The summed E-state index contributed by atoms with van der Waals surface area (Å²) in [4.78, 5) is 9.06. The summed E-state index contributed by atoms with van der Waals surface area (Å²) in [6.45, 7) is 0. The molecule has 2 aliphatic carbocycles. The number of imidazole rings is 1. The van der Waals surface area contributed by atoms with Crippen LogP contribution in [0.25, 0.3) is 11.3 Å². The van der Waals surface area contributed by atoms with Crippen LogP contribution >= 0.6 is 0 Å². The first-order chi connectivity index (χ1) is 9.78. The van der Waals surface area contributed by atoms with Gasteiger partial charge in [0.15, 0.2) is 0 Å². The number of aromatic nitrogens is 3. The Morgan fingerprint density at radius 3 is 2.60 bits per heavy atom. The van der Waals surface area contributed by atoms with E-state index in [0.717, 1.165) is 17.1 Å². The van der Waals surface area contributed by atoms with Gasteiger partial charge in [-0.1, -0.05) is 0 Å². The van der Waals surface area contributed by atoms with Crippen LogP contribution in [0.4, 0.5) is 5.82 Å². The Balaban J connectivity index is 1.78. The van der Waals surface area contributed by atoms with Crippen LogP contribution in [-0.2, 0) is 0 Å². The van der Waals surface area contributed by atoms with Gasteiger partial charge in [0.2, 0.25) is 5.88 Å². The van der Waals surface area contributed by atoms with E-state index in [1.165, 1.54) is 31.5 Å². The van der Waals surface area contributed by atoms with Gasteiger partial charge >= 0.3 is 0 Å². The van der Waals surface area contributed by atoms with Crippen LogP contribution in [0.3, 0.4) is 0 Å².